The summed E-state index contributed by atoms with van der Waals surface area (Å²) in [5.74, 6) is -2.47. The molecule has 2 rings (SSSR count). The maximum Gasteiger partial charge on any atom is 0.288 e. The molecule has 20 heavy (non-hydrogen) atoms. The van der Waals surface area contributed by atoms with Gasteiger partial charge in [-0.05, 0) is 24.3 Å². The second-order valence-corrected chi connectivity index (χ2v) is 5.27. The summed E-state index contributed by atoms with van der Waals surface area (Å²) < 4.78 is 25.0. The molecule has 3 nitrogen and oxygen atoms in total. The van der Waals surface area contributed by atoms with Gasteiger partial charge in [0.1, 0.15) is 4.99 Å². The number of benzene rings is 1. The fourth-order valence-corrected chi connectivity index (χ4v) is 2.27. The van der Waals surface area contributed by atoms with Crippen molar-refractivity contribution in [1.82, 2.24) is 4.98 Å². The van der Waals surface area contributed by atoms with Crippen LogP contribution in [0.5, 0.6) is 0 Å². The molecule has 0 spiro atoms. The van der Waals surface area contributed by atoms with Crippen LogP contribution in [0.25, 0.3) is 0 Å². The molecule has 0 saturated heterocycles. The number of hydrogen-bond donors (Lipinski definition) is 2. The summed E-state index contributed by atoms with van der Waals surface area (Å²) in [5, 5.41) is 3.06. The van der Waals surface area contributed by atoms with E-state index in [4.69, 9.17) is 18.0 Å². The first-order chi connectivity index (χ1) is 9.56. The van der Waals surface area contributed by atoms with E-state index in [2.05, 4.69) is 10.3 Å². The molecule has 104 valence electrons. The van der Waals surface area contributed by atoms with Gasteiger partial charge < -0.3 is 11.1 Å². The number of halogens is 2. The van der Waals surface area contributed by atoms with Gasteiger partial charge in [0.05, 0.1) is 11.4 Å². The molecule has 7 heteroatoms. The van der Waals surface area contributed by atoms with Gasteiger partial charge in [0.15, 0.2) is 0 Å². The Hall–Kier alpha value is -1.73. The number of hydrogen-bond acceptors (Lipinski definition) is 4. The minimum atomic E-state index is -2.47. The summed E-state index contributed by atoms with van der Waals surface area (Å²) in [7, 11) is 0. The highest BCUT2D eigenvalue weighted by Crippen LogP contribution is 2.33. The number of nitrogens with two attached hydrogens (primary N) is 1. The zero-order valence-corrected chi connectivity index (χ0v) is 11.8. The Balaban J connectivity index is 2.25. The molecule has 3 N–H and O–H groups in total. The summed E-state index contributed by atoms with van der Waals surface area (Å²) >= 11 is 5.35. The summed E-state index contributed by atoms with van der Waals surface area (Å²) in [5.41, 5.74) is 7.27. The van der Waals surface area contributed by atoms with Gasteiger partial charge >= 0.3 is 0 Å². The van der Waals surface area contributed by atoms with Crippen LogP contribution in [0, 0.1) is 0 Å². The van der Waals surface area contributed by atoms with E-state index >= 15 is 0 Å². The fraction of sp³-hybridized carbons (Fsp3) is 0.0769. The Morgan fingerprint density at radius 3 is 2.75 bits per heavy atom. The number of nitrogens with zero attached hydrogens (tertiary/aromatic N) is 1. The Labute approximate surface area is 124 Å². The van der Waals surface area contributed by atoms with E-state index in [9.17, 15) is 8.78 Å². The topological polar surface area (TPSA) is 50.9 Å². The van der Waals surface area contributed by atoms with E-state index in [1.807, 2.05) is 0 Å². The Bertz CT molecular complexity index is 620. The second-order valence-electron chi connectivity index (χ2n) is 3.79. The number of aromatic nitrogens is 1. The second kappa shape index (κ2) is 6.62. The van der Waals surface area contributed by atoms with Gasteiger partial charge in [0.2, 0.25) is 0 Å². The van der Waals surface area contributed by atoms with E-state index in [-0.39, 0.29) is 4.99 Å². The zero-order chi connectivity index (χ0) is 14.5. The van der Waals surface area contributed by atoms with Crippen LogP contribution < -0.4 is 11.1 Å². The highest BCUT2D eigenvalue weighted by Gasteiger charge is 2.10. The van der Waals surface area contributed by atoms with Crippen LogP contribution >= 0.6 is 24.0 Å². The molecule has 0 unspecified atom stereocenters. The standard InChI is InChI=1S/C13H11F2N3S2/c14-13(15)20-11-4-2-1-3-9(11)18-8-5-6-17-10(7-8)12(16)19/h1-7,13H,(H2,16,19)(H,17,18). The SMILES string of the molecule is NC(=S)c1cc(Nc2ccccc2SC(F)F)ccn1. The third-order valence-electron chi connectivity index (χ3n) is 2.39. The minimum absolute atomic E-state index is 0.184. The average Bonchev–Trinajstić information content (AvgIpc) is 2.41. The molecule has 0 amide bonds. The lowest BCUT2D eigenvalue weighted by Crippen LogP contribution is -2.11. The van der Waals surface area contributed by atoms with Crippen LogP contribution in [0.4, 0.5) is 20.2 Å². The summed E-state index contributed by atoms with van der Waals surface area (Å²) in [6, 6.07) is 10.2. The summed E-state index contributed by atoms with van der Waals surface area (Å²) in [4.78, 5) is 4.67. The maximum absolute atomic E-state index is 12.5. The molecule has 0 atom stereocenters. The van der Waals surface area contributed by atoms with Crippen molar-refractivity contribution in [3.05, 3.63) is 48.3 Å². The first kappa shape index (κ1) is 14.7. The molecule has 1 aromatic heterocycles. The molecule has 0 radical (unpaired) electrons. The number of nitrogens with one attached hydrogen (secondary N) is 1. The lowest BCUT2D eigenvalue weighted by atomic mass is 10.2. The first-order valence-electron chi connectivity index (χ1n) is 5.63. The Morgan fingerprint density at radius 1 is 1.30 bits per heavy atom. The zero-order valence-electron chi connectivity index (χ0n) is 10.2. The number of rotatable bonds is 5. The van der Waals surface area contributed by atoms with E-state index in [0.29, 0.717) is 33.7 Å². The van der Waals surface area contributed by atoms with Crippen LogP contribution in [0.1, 0.15) is 5.69 Å². The van der Waals surface area contributed by atoms with Crippen LogP contribution in [-0.2, 0) is 0 Å². The van der Waals surface area contributed by atoms with E-state index < -0.39 is 5.76 Å². The van der Waals surface area contributed by atoms with Crippen molar-refractivity contribution < 1.29 is 8.78 Å². The molecule has 0 aliphatic rings. The molecule has 1 heterocycles. The fourth-order valence-electron chi connectivity index (χ4n) is 1.57. The number of thiocarbonyl (C=S) groups is 1. The molecule has 1 aromatic carbocycles. The van der Waals surface area contributed by atoms with Gasteiger partial charge in [-0.25, -0.2) is 0 Å². The van der Waals surface area contributed by atoms with Crippen molar-refractivity contribution in [3.63, 3.8) is 0 Å². The third-order valence-corrected chi connectivity index (χ3v) is 3.39. The van der Waals surface area contributed by atoms with Crippen LogP contribution in [0.15, 0.2) is 47.5 Å². The predicted octanol–water partition coefficient (Wildman–Crippen LogP) is 3.77. The molecule has 0 fully saturated rings. The molecule has 0 aliphatic carbocycles. The lowest BCUT2D eigenvalue weighted by molar-refractivity contribution is 0.252. The number of para-hydroxylation sites is 1. The summed E-state index contributed by atoms with van der Waals surface area (Å²) in [6.07, 6.45) is 1.56. The van der Waals surface area contributed by atoms with Crippen molar-refractivity contribution >= 4 is 40.3 Å². The Kier molecular flexibility index (Phi) is 4.86. The predicted molar refractivity (Wildman–Crippen MR) is 81.7 cm³/mol. The van der Waals surface area contributed by atoms with Crippen molar-refractivity contribution in [2.45, 2.75) is 10.7 Å². The Morgan fingerprint density at radius 2 is 2.05 bits per heavy atom. The van der Waals surface area contributed by atoms with Crippen molar-refractivity contribution in [2.24, 2.45) is 5.73 Å². The molecule has 0 aliphatic heterocycles. The average molecular weight is 311 g/mol. The van der Waals surface area contributed by atoms with Gasteiger partial charge in [-0.15, -0.1) is 0 Å². The van der Waals surface area contributed by atoms with Gasteiger partial charge in [0.25, 0.3) is 5.76 Å². The van der Waals surface area contributed by atoms with Gasteiger partial charge in [-0.2, -0.15) is 8.78 Å². The maximum atomic E-state index is 12.5. The quantitative estimate of drug-likeness (QED) is 0.650. The molecular weight excluding hydrogens is 300 g/mol. The smallest absolute Gasteiger partial charge is 0.288 e. The largest absolute Gasteiger partial charge is 0.388 e. The van der Waals surface area contributed by atoms with Crippen molar-refractivity contribution in [2.75, 3.05) is 5.32 Å². The van der Waals surface area contributed by atoms with Crippen LogP contribution in [-0.4, -0.2) is 15.7 Å². The van der Waals surface area contributed by atoms with Crippen molar-refractivity contribution in [3.8, 4) is 0 Å². The van der Waals surface area contributed by atoms with Crippen molar-refractivity contribution in [1.29, 1.82) is 0 Å². The third kappa shape index (κ3) is 3.88. The van der Waals surface area contributed by atoms with E-state index in [0.717, 1.165) is 0 Å². The minimum Gasteiger partial charge on any atom is -0.388 e. The van der Waals surface area contributed by atoms with Crippen LogP contribution in [0.2, 0.25) is 0 Å². The number of pyridine rings is 1. The van der Waals surface area contributed by atoms with E-state index in [1.165, 1.54) is 0 Å². The monoisotopic (exact) mass is 311 g/mol. The van der Waals surface area contributed by atoms with Gasteiger partial charge in [-0.1, -0.05) is 36.1 Å². The molecule has 0 bridgehead atoms. The highest BCUT2D eigenvalue weighted by molar-refractivity contribution is 7.99. The van der Waals surface area contributed by atoms with Gasteiger partial charge in [-0.3, -0.25) is 4.98 Å². The summed E-state index contributed by atoms with van der Waals surface area (Å²) in [6.45, 7) is 0. The normalized spacial score (nSPS) is 10.6. The number of thioether (sulfide) groups is 1. The number of anilines is 2. The van der Waals surface area contributed by atoms with Crippen LogP contribution in [0.3, 0.4) is 0 Å². The number of alkyl halides is 2. The molecular formula is C13H11F2N3S2. The van der Waals surface area contributed by atoms with E-state index in [1.54, 1.807) is 42.6 Å². The molecule has 2 aromatic rings. The highest BCUT2D eigenvalue weighted by atomic mass is 32.2. The van der Waals surface area contributed by atoms with Gasteiger partial charge in [0, 0.05) is 16.8 Å². The first-order valence-corrected chi connectivity index (χ1v) is 6.92. The lowest BCUT2D eigenvalue weighted by Gasteiger charge is -2.11. The molecule has 0 saturated carbocycles.